The Morgan fingerprint density at radius 3 is 2.81 bits per heavy atom. The second kappa shape index (κ2) is 6.23. The van der Waals surface area contributed by atoms with Gasteiger partial charge >= 0.3 is 0 Å². The van der Waals surface area contributed by atoms with Gasteiger partial charge in [-0.2, -0.15) is 10.2 Å². The third-order valence-electron chi connectivity index (χ3n) is 1.99. The summed E-state index contributed by atoms with van der Waals surface area (Å²) >= 11 is 5.99. The molecule has 0 atom stereocenters. The molecule has 0 radical (unpaired) electrons. The van der Waals surface area contributed by atoms with Crippen LogP contribution in [0.3, 0.4) is 0 Å². The minimum Gasteiger partial charge on any atom is -0.495 e. The van der Waals surface area contributed by atoms with E-state index in [1.165, 1.54) is 0 Å². The molecule has 0 aromatic heterocycles. The summed E-state index contributed by atoms with van der Waals surface area (Å²) in [5.41, 5.74) is 1.72. The van der Waals surface area contributed by atoms with Crippen molar-refractivity contribution in [2.24, 2.45) is 15.2 Å². The van der Waals surface area contributed by atoms with Crippen molar-refractivity contribution in [3.05, 3.63) is 22.7 Å². The van der Waals surface area contributed by atoms with Crippen LogP contribution in [0, 0.1) is 6.92 Å². The van der Waals surface area contributed by atoms with E-state index in [9.17, 15) is 0 Å². The van der Waals surface area contributed by atoms with E-state index in [0.29, 0.717) is 17.3 Å². The summed E-state index contributed by atoms with van der Waals surface area (Å²) in [7, 11) is 3.28. The van der Waals surface area contributed by atoms with E-state index in [1.54, 1.807) is 26.4 Å². The van der Waals surface area contributed by atoms with Crippen LogP contribution in [0.5, 0.6) is 5.75 Å². The quantitative estimate of drug-likeness (QED) is 0.586. The van der Waals surface area contributed by atoms with Crippen LogP contribution in [-0.2, 0) is 0 Å². The number of halogens is 1. The number of benzene rings is 1. The van der Waals surface area contributed by atoms with Crippen LogP contribution < -0.4 is 4.74 Å². The first-order valence-corrected chi connectivity index (χ1v) is 5.19. The predicted molar refractivity (Wildman–Crippen MR) is 66.5 cm³/mol. The lowest BCUT2D eigenvalue weighted by Gasteiger charge is -2.05. The van der Waals surface area contributed by atoms with Gasteiger partial charge in [0.05, 0.1) is 24.4 Å². The second-order valence-electron chi connectivity index (χ2n) is 3.14. The maximum atomic E-state index is 5.99. The molecule has 0 saturated heterocycles. The SMILES string of the molecule is CN=CCN=Nc1cc(Cl)c(OC)cc1C. The summed E-state index contributed by atoms with van der Waals surface area (Å²) in [5, 5.41) is 8.57. The molecule has 1 aromatic rings. The van der Waals surface area contributed by atoms with Gasteiger partial charge < -0.3 is 4.74 Å². The average molecular weight is 240 g/mol. The summed E-state index contributed by atoms with van der Waals surface area (Å²) in [6.07, 6.45) is 1.68. The first-order valence-electron chi connectivity index (χ1n) is 4.81. The Labute approximate surface area is 100 Å². The van der Waals surface area contributed by atoms with Gasteiger partial charge in [0, 0.05) is 13.3 Å². The van der Waals surface area contributed by atoms with E-state index >= 15 is 0 Å². The summed E-state index contributed by atoms with van der Waals surface area (Å²) in [5.74, 6) is 0.647. The summed E-state index contributed by atoms with van der Waals surface area (Å²) < 4.78 is 5.10. The van der Waals surface area contributed by atoms with E-state index in [0.717, 1.165) is 11.3 Å². The van der Waals surface area contributed by atoms with Gasteiger partial charge in [-0.15, -0.1) is 0 Å². The Balaban J connectivity index is 2.89. The molecule has 5 heteroatoms. The maximum Gasteiger partial charge on any atom is 0.137 e. The molecule has 0 fully saturated rings. The van der Waals surface area contributed by atoms with E-state index in [-0.39, 0.29) is 0 Å². The van der Waals surface area contributed by atoms with Crippen LogP contribution in [0.4, 0.5) is 5.69 Å². The predicted octanol–water partition coefficient (Wildman–Crippen LogP) is 3.44. The summed E-state index contributed by atoms with van der Waals surface area (Å²) in [4.78, 5) is 3.81. The molecule has 0 spiro atoms. The van der Waals surface area contributed by atoms with Gasteiger partial charge in [-0.1, -0.05) is 11.6 Å². The van der Waals surface area contributed by atoms with Gasteiger partial charge in [0.2, 0.25) is 0 Å². The Morgan fingerprint density at radius 2 is 2.19 bits per heavy atom. The van der Waals surface area contributed by atoms with Crippen LogP contribution in [0.2, 0.25) is 5.02 Å². The van der Waals surface area contributed by atoms with Gasteiger partial charge in [0.15, 0.2) is 0 Å². The minimum absolute atomic E-state index is 0.472. The molecule has 0 amide bonds. The number of ether oxygens (including phenoxy) is 1. The highest BCUT2D eigenvalue weighted by molar-refractivity contribution is 6.32. The van der Waals surface area contributed by atoms with Crippen LogP contribution in [0.1, 0.15) is 5.56 Å². The summed E-state index contributed by atoms with van der Waals surface area (Å²) in [6.45, 7) is 2.40. The lowest BCUT2D eigenvalue weighted by molar-refractivity contribution is 0.415. The van der Waals surface area contributed by atoms with Crippen molar-refractivity contribution in [3.8, 4) is 5.75 Å². The number of aryl methyl sites for hydroxylation is 1. The fourth-order valence-electron chi connectivity index (χ4n) is 1.14. The number of methoxy groups -OCH3 is 1. The van der Waals surface area contributed by atoms with Gasteiger partial charge in [-0.3, -0.25) is 4.99 Å². The zero-order chi connectivity index (χ0) is 12.0. The molecule has 4 nitrogen and oxygen atoms in total. The van der Waals surface area contributed by atoms with Crippen LogP contribution in [0.25, 0.3) is 0 Å². The molecule has 0 saturated carbocycles. The summed E-state index contributed by atoms with van der Waals surface area (Å²) in [6, 6.07) is 3.58. The van der Waals surface area contributed by atoms with E-state index in [1.807, 2.05) is 13.0 Å². The molecule has 0 heterocycles. The highest BCUT2D eigenvalue weighted by Crippen LogP contribution is 2.32. The highest BCUT2D eigenvalue weighted by atomic mass is 35.5. The lowest BCUT2D eigenvalue weighted by atomic mass is 10.2. The average Bonchev–Trinajstić information content (AvgIpc) is 2.28. The zero-order valence-electron chi connectivity index (χ0n) is 9.57. The van der Waals surface area contributed by atoms with E-state index in [4.69, 9.17) is 16.3 Å². The van der Waals surface area contributed by atoms with Gasteiger partial charge in [0.25, 0.3) is 0 Å². The van der Waals surface area contributed by atoms with Crippen molar-refractivity contribution in [3.63, 3.8) is 0 Å². The lowest BCUT2D eigenvalue weighted by Crippen LogP contribution is -1.86. The first kappa shape index (κ1) is 12.6. The largest absolute Gasteiger partial charge is 0.495 e. The Bertz CT molecular complexity index is 416. The molecular formula is C11H14ClN3O. The second-order valence-corrected chi connectivity index (χ2v) is 3.55. The first-order chi connectivity index (χ1) is 7.69. The number of aliphatic imine (C=N–C) groups is 1. The third-order valence-corrected chi connectivity index (χ3v) is 2.29. The number of nitrogens with zero attached hydrogens (tertiary/aromatic N) is 3. The normalized spacial score (nSPS) is 11.5. The standard InChI is InChI=1S/C11H14ClN3O/c1-8-6-11(16-3)9(12)7-10(8)15-14-5-4-13-2/h4,6-7H,5H2,1-3H3. The van der Waals surface area contributed by atoms with Crippen molar-refractivity contribution in [1.29, 1.82) is 0 Å². The number of azo groups is 1. The topological polar surface area (TPSA) is 46.3 Å². The molecule has 0 aliphatic heterocycles. The van der Waals surface area contributed by atoms with E-state index < -0.39 is 0 Å². The van der Waals surface area contributed by atoms with Crippen molar-refractivity contribution in [2.75, 3.05) is 20.7 Å². The smallest absolute Gasteiger partial charge is 0.137 e. The fraction of sp³-hybridized carbons (Fsp3) is 0.364. The highest BCUT2D eigenvalue weighted by Gasteiger charge is 2.05. The molecular weight excluding hydrogens is 226 g/mol. The molecule has 1 rings (SSSR count). The molecule has 0 aliphatic rings. The van der Waals surface area contributed by atoms with Gasteiger partial charge in [-0.05, 0) is 24.6 Å². The molecule has 0 aliphatic carbocycles. The third kappa shape index (κ3) is 3.31. The van der Waals surface area contributed by atoms with E-state index in [2.05, 4.69) is 15.2 Å². The molecule has 16 heavy (non-hydrogen) atoms. The van der Waals surface area contributed by atoms with Crippen molar-refractivity contribution < 1.29 is 4.74 Å². The monoisotopic (exact) mass is 239 g/mol. The van der Waals surface area contributed by atoms with Crippen LogP contribution in [0.15, 0.2) is 27.4 Å². The van der Waals surface area contributed by atoms with Crippen molar-refractivity contribution in [1.82, 2.24) is 0 Å². The number of hydrogen-bond acceptors (Lipinski definition) is 4. The number of hydrogen-bond donors (Lipinski definition) is 0. The molecule has 0 N–H and O–H groups in total. The fourth-order valence-corrected chi connectivity index (χ4v) is 1.38. The molecule has 0 unspecified atom stereocenters. The molecule has 1 aromatic carbocycles. The van der Waals surface area contributed by atoms with Crippen molar-refractivity contribution in [2.45, 2.75) is 6.92 Å². The minimum atomic E-state index is 0.472. The van der Waals surface area contributed by atoms with Crippen molar-refractivity contribution >= 4 is 23.5 Å². The number of rotatable bonds is 4. The van der Waals surface area contributed by atoms with Gasteiger partial charge in [-0.25, -0.2) is 0 Å². The molecule has 86 valence electrons. The Kier molecular flexibility index (Phi) is 4.92. The Morgan fingerprint density at radius 1 is 1.44 bits per heavy atom. The Hall–Kier alpha value is -1.42. The van der Waals surface area contributed by atoms with Gasteiger partial charge in [0.1, 0.15) is 5.75 Å². The van der Waals surface area contributed by atoms with Crippen LogP contribution >= 0.6 is 11.6 Å². The zero-order valence-corrected chi connectivity index (χ0v) is 10.3. The molecule has 0 bridgehead atoms. The maximum absolute atomic E-state index is 5.99. The van der Waals surface area contributed by atoms with Crippen LogP contribution in [-0.4, -0.2) is 26.9 Å².